The highest BCUT2D eigenvalue weighted by molar-refractivity contribution is 5.93. The monoisotopic (exact) mass is 351 g/mol. The molecule has 2 amide bonds. The summed E-state index contributed by atoms with van der Waals surface area (Å²) < 4.78 is 5.44. The van der Waals surface area contributed by atoms with E-state index in [0.717, 1.165) is 50.5 Å². The lowest BCUT2D eigenvalue weighted by Gasteiger charge is -2.31. The summed E-state index contributed by atoms with van der Waals surface area (Å²) >= 11 is 0. The normalized spacial score (nSPS) is 19.1. The molecule has 1 heterocycles. The average Bonchev–Trinajstić information content (AvgIpc) is 3.12. The summed E-state index contributed by atoms with van der Waals surface area (Å²) in [5, 5.41) is 3.12. The van der Waals surface area contributed by atoms with Gasteiger partial charge in [-0.3, -0.25) is 0 Å². The number of aryl methyl sites for hydroxylation is 1. The van der Waals surface area contributed by atoms with E-state index in [1.165, 1.54) is 11.1 Å². The maximum Gasteiger partial charge on any atom is 0.322 e. The highest BCUT2D eigenvalue weighted by Crippen LogP contribution is 2.35. The van der Waals surface area contributed by atoms with Crippen molar-refractivity contribution in [3.05, 3.63) is 59.7 Å². The number of para-hydroxylation sites is 2. The number of carbonyl (C=O) groups is 1. The summed E-state index contributed by atoms with van der Waals surface area (Å²) in [4.78, 5) is 17.0. The number of rotatable bonds is 3. The molecular weight excluding hydrogens is 326 g/mol. The third-order valence-electron chi connectivity index (χ3n) is 5.39. The van der Waals surface area contributed by atoms with E-state index < -0.39 is 0 Å². The number of urea groups is 1. The molecule has 1 fully saturated rings. The van der Waals surface area contributed by atoms with Crippen LogP contribution in [0.1, 0.15) is 23.6 Å². The van der Waals surface area contributed by atoms with Gasteiger partial charge in [0, 0.05) is 20.1 Å². The van der Waals surface area contributed by atoms with Crippen LogP contribution in [0, 0.1) is 0 Å². The van der Waals surface area contributed by atoms with E-state index in [2.05, 4.69) is 40.5 Å². The predicted octanol–water partition coefficient (Wildman–Crippen LogP) is 3.67. The lowest BCUT2D eigenvalue weighted by Crippen LogP contribution is -2.38. The van der Waals surface area contributed by atoms with Crippen molar-refractivity contribution in [1.82, 2.24) is 4.90 Å². The summed E-state index contributed by atoms with van der Waals surface area (Å²) in [6.07, 6.45) is 2.01. The highest BCUT2D eigenvalue weighted by atomic mass is 16.5. The molecular formula is C21H25N3O2. The Kier molecular flexibility index (Phi) is 4.80. The Morgan fingerprint density at radius 3 is 2.69 bits per heavy atom. The van der Waals surface area contributed by atoms with Gasteiger partial charge in [-0.15, -0.1) is 0 Å². The van der Waals surface area contributed by atoms with E-state index in [-0.39, 0.29) is 12.1 Å². The molecule has 0 saturated carbocycles. The minimum atomic E-state index is -0.0626. The molecule has 2 aromatic carbocycles. The van der Waals surface area contributed by atoms with Gasteiger partial charge in [-0.25, -0.2) is 4.79 Å². The van der Waals surface area contributed by atoms with Crippen LogP contribution >= 0.6 is 0 Å². The molecule has 0 spiro atoms. The number of ether oxygens (including phenoxy) is 1. The average molecular weight is 351 g/mol. The molecule has 1 aliphatic carbocycles. The minimum Gasteiger partial charge on any atom is -0.378 e. The Morgan fingerprint density at radius 1 is 1.12 bits per heavy atom. The number of hydrogen-bond donors (Lipinski definition) is 1. The fraction of sp³-hybridized carbons (Fsp3) is 0.381. The molecule has 136 valence electrons. The smallest absolute Gasteiger partial charge is 0.322 e. The first-order chi connectivity index (χ1) is 12.7. The quantitative estimate of drug-likeness (QED) is 0.918. The number of benzene rings is 2. The second kappa shape index (κ2) is 7.38. The number of fused-ring (bicyclic) bond motifs is 1. The van der Waals surface area contributed by atoms with Gasteiger partial charge in [0.2, 0.25) is 0 Å². The van der Waals surface area contributed by atoms with E-state index in [9.17, 15) is 4.79 Å². The maximum absolute atomic E-state index is 12.9. The van der Waals surface area contributed by atoms with Crippen molar-refractivity contribution in [3.8, 4) is 0 Å². The number of nitrogens with zero attached hydrogens (tertiary/aromatic N) is 2. The summed E-state index contributed by atoms with van der Waals surface area (Å²) in [6.45, 7) is 3.14. The number of hydrogen-bond acceptors (Lipinski definition) is 3. The third kappa shape index (κ3) is 3.27. The van der Waals surface area contributed by atoms with Crippen LogP contribution in [-0.2, 0) is 11.2 Å². The largest absolute Gasteiger partial charge is 0.378 e. The number of anilines is 2. The van der Waals surface area contributed by atoms with Crippen molar-refractivity contribution in [2.75, 3.05) is 43.6 Å². The van der Waals surface area contributed by atoms with Gasteiger partial charge in [0.05, 0.1) is 30.6 Å². The van der Waals surface area contributed by atoms with Crippen LogP contribution in [-0.4, -0.2) is 44.3 Å². The molecule has 1 aliphatic heterocycles. The zero-order valence-corrected chi connectivity index (χ0v) is 15.1. The molecule has 26 heavy (non-hydrogen) atoms. The topological polar surface area (TPSA) is 44.8 Å². The van der Waals surface area contributed by atoms with E-state index in [0.29, 0.717) is 0 Å². The van der Waals surface area contributed by atoms with Crippen molar-refractivity contribution < 1.29 is 9.53 Å². The Balaban J connectivity index is 1.50. The zero-order valence-electron chi connectivity index (χ0n) is 15.1. The summed E-state index contributed by atoms with van der Waals surface area (Å²) in [7, 11) is 1.89. The molecule has 2 aromatic rings. The lowest BCUT2D eigenvalue weighted by molar-refractivity contribution is 0.123. The molecule has 1 N–H and O–H groups in total. The van der Waals surface area contributed by atoms with Crippen molar-refractivity contribution in [3.63, 3.8) is 0 Å². The van der Waals surface area contributed by atoms with Gasteiger partial charge < -0.3 is 19.9 Å². The molecule has 1 saturated heterocycles. The van der Waals surface area contributed by atoms with E-state index in [1.54, 1.807) is 0 Å². The lowest BCUT2D eigenvalue weighted by atomic mass is 10.1. The number of carbonyl (C=O) groups excluding carboxylic acids is 1. The first-order valence-corrected chi connectivity index (χ1v) is 9.27. The van der Waals surface area contributed by atoms with Crippen LogP contribution in [0.3, 0.4) is 0 Å². The molecule has 4 rings (SSSR count). The van der Waals surface area contributed by atoms with Gasteiger partial charge in [0.1, 0.15) is 0 Å². The van der Waals surface area contributed by atoms with Crippen molar-refractivity contribution in [1.29, 1.82) is 0 Å². The van der Waals surface area contributed by atoms with Crippen molar-refractivity contribution in [2.45, 2.75) is 18.9 Å². The van der Waals surface area contributed by atoms with Gasteiger partial charge in [-0.2, -0.15) is 0 Å². The van der Waals surface area contributed by atoms with Gasteiger partial charge in [-0.05, 0) is 36.1 Å². The molecule has 0 radical (unpaired) electrons. The third-order valence-corrected chi connectivity index (χ3v) is 5.39. The standard InChI is InChI=1S/C21H25N3O2/c1-23(19-11-10-16-6-2-3-7-17(16)19)21(25)22-18-8-4-5-9-20(18)24-12-14-26-15-13-24/h2-9,19H,10-15H2,1H3,(H,22,25)/t19-/m1/s1. The zero-order chi connectivity index (χ0) is 17.9. The fourth-order valence-electron chi connectivity index (χ4n) is 3.94. The van der Waals surface area contributed by atoms with E-state index in [1.807, 2.05) is 30.1 Å². The molecule has 0 unspecified atom stereocenters. The molecule has 5 nitrogen and oxygen atoms in total. The summed E-state index contributed by atoms with van der Waals surface area (Å²) in [5.41, 5.74) is 4.54. The molecule has 5 heteroatoms. The van der Waals surface area contributed by atoms with Crippen LogP contribution < -0.4 is 10.2 Å². The van der Waals surface area contributed by atoms with Crippen LogP contribution in [0.2, 0.25) is 0 Å². The molecule has 0 aromatic heterocycles. The van der Waals surface area contributed by atoms with Crippen molar-refractivity contribution >= 4 is 17.4 Å². The Morgan fingerprint density at radius 2 is 1.85 bits per heavy atom. The highest BCUT2D eigenvalue weighted by Gasteiger charge is 2.28. The number of nitrogens with one attached hydrogen (secondary N) is 1. The number of morpholine rings is 1. The SMILES string of the molecule is CN(C(=O)Nc1ccccc1N1CCOCC1)[C@@H]1CCc2ccccc21. The first kappa shape index (κ1) is 16.9. The molecule has 1 atom stereocenters. The van der Waals surface area contributed by atoms with E-state index in [4.69, 9.17) is 4.74 Å². The molecule has 0 bridgehead atoms. The first-order valence-electron chi connectivity index (χ1n) is 9.27. The van der Waals surface area contributed by atoms with Crippen LogP contribution in [0.5, 0.6) is 0 Å². The Hall–Kier alpha value is -2.53. The summed E-state index contributed by atoms with van der Waals surface area (Å²) in [6, 6.07) is 16.5. The van der Waals surface area contributed by atoms with Crippen LogP contribution in [0.25, 0.3) is 0 Å². The Labute approximate surface area is 154 Å². The summed E-state index contributed by atoms with van der Waals surface area (Å²) in [5.74, 6) is 0. The van der Waals surface area contributed by atoms with Gasteiger partial charge in [0.25, 0.3) is 0 Å². The number of amides is 2. The van der Waals surface area contributed by atoms with Gasteiger partial charge >= 0.3 is 6.03 Å². The van der Waals surface area contributed by atoms with Gasteiger partial charge in [-0.1, -0.05) is 36.4 Å². The maximum atomic E-state index is 12.9. The predicted molar refractivity (Wildman–Crippen MR) is 104 cm³/mol. The van der Waals surface area contributed by atoms with E-state index >= 15 is 0 Å². The second-order valence-electron chi connectivity index (χ2n) is 6.91. The second-order valence-corrected chi connectivity index (χ2v) is 6.91. The van der Waals surface area contributed by atoms with Crippen LogP contribution in [0.15, 0.2) is 48.5 Å². The Bertz CT molecular complexity index is 786. The molecule has 2 aliphatic rings. The van der Waals surface area contributed by atoms with Gasteiger partial charge in [0.15, 0.2) is 0 Å². The minimum absolute atomic E-state index is 0.0626. The van der Waals surface area contributed by atoms with Crippen LogP contribution in [0.4, 0.5) is 16.2 Å². The van der Waals surface area contributed by atoms with Crippen molar-refractivity contribution in [2.24, 2.45) is 0 Å². The fourth-order valence-corrected chi connectivity index (χ4v) is 3.94.